The van der Waals surface area contributed by atoms with Crippen molar-refractivity contribution >= 4 is 22.7 Å². The van der Waals surface area contributed by atoms with E-state index in [1.54, 1.807) is 25.3 Å². The Kier molecular flexibility index (Phi) is 5.62. The molecule has 4 aromatic rings. The Morgan fingerprint density at radius 1 is 1.18 bits per heavy atom. The van der Waals surface area contributed by atoms with E-state index in [0.29, 0.717) is 53.1 Å². The minimum atomic E-state index is -0.702. The molecule has 2 amide bonds. The largest absolute Gasteiger partial charge is 0.356 e. The van der Waals surface area contributed by atoms with Gasteiger partial charge < -0.3 is 9.26 Å². The molecule has 5 heterocycles. The first-order chi connectivity index (χ1) is 19.2. The molecule has 0 radical (unpaired) electrons. The highest BCUT2D eigenvalue weighted by Gasteiger charge is 2.70. The summed E-state index contributed by atoms with van der Waals surface area (Å²) in [4.78, 5) is 35.0. The third-order valence-electron chi connectivity index (χ3n) is 8.56. The molecule has 3 saturated heterocycles. The van der Waals surface area contributed by atoms with Crippen molar-refractivity contribution in [2.24, 2.45) is 0 Å². The number of aryl methyl sites for hydroxylation is 1. The summed E-state index contributed by atoms with van der Waals surface area (Å²) in [6, 6.07) is 13.4. The molecule has 3 unspecified atom stereocenters. The van der Waals surface area contributed by atoms with Gasteiger partial charge in [0.1, 0.15) is 17.0 Å². The molecular weight excluding hydrogens is 513 g/mol. The lowest BCUT2D eigenvalue weighted by Crippen LogP contribution is -2.44. The van der Waals surface area contributed by atoms with Crippen LogP contribution < -0.4 is 5.32 Å². The SMILES string of the molecule is Cc1nc(-c2ccc(CN3CCC4(c5ccc6ncc(C7CCC(=O)NC7=O)cc6c5F)OC4(C)C3)cc2)no1. The van der Waals surface area contributed by atoms with Crippen LogP contribution in [0, 0.1) is 12.7 Å². The molecular formula is C30H28FN5O4. The van der Waals surface area contributed by atoms with Crippen LogP contribution in [0.1, 0.15) is 54.7 Å². The molecule has 9 nitrogen and oxygen atoms in total. The number of amides is 2. The molecule has 7 rings (SSSR count). The lowest BCUT2D eigenvalue weighted by Gasteiger charge is -2.33. The van der Waals surface area contributed by atoms with Crippen molar-refractivity contribution < 1.29 is 23.2 Å². The zero-order valence-electron chi connectivity index (χ0n) is 22.2. The van der Waals surface area contributed by atoms with Gasteiger partial charge in [-0.15, -0.1) is 0 Å². The van der Waals surface area contributed by atoms with Crippen molar-refractivity contribution in [3.8, 4) is 11.4 Å². The van der Waals surface area contributed by atoms with Gasteiger partial charge in [0.05, 0.1) is 11.4 Å². The molecule has 0 aliphatic carbocycles. The number of carbonyl (C=O) groups is 2. The van der Waals surface area contributed by atoms with Gasteiger partial charge in [-0.2, -0.15) is 4.98 Å². The molecule has 0 spiro atoms. The van der Waals surface area contributed by atoms with Crippen LogP contribution in [0.5, 0.6) is 0 Å². The highest BCUT2D eigenvalue weighted by atomic mass is 19.1. The minimum Gasteiger partial charge on any atom is -0.356 e. The highest BCUT2D eigenvalue weighted by molar-refractivity contribution is 6.01. The lowest BCUT2D eigenvalue weighted by molar-refractivity contribution is -0.134. The third kappa shape index (κ3) is 4.01. The van der Waals surface area contributed by atoms with Crippen molar-refractivity contribution in [1.29, 1.82) is 0 Å². The van der Waals surface area contributed by atoms with Gasteiger partial charge in [0.2, 0.25) is 23.5 Å². The van der Waals surface area contributed by atoms with Gasteiger partial charge in [-0.3, -0.25) is 24.8 Å². The summed E-state index contributed by atoms with van der Waals surface area (Å²) in [5.41, 5.74) is 2.50. The van der Waals surface area contributed by atoms with Gasteiger partial charge >= 0.3 is 0 Å². The number of rotatable bonds is 5. The lowest BCUT2D eigenvalue weighted by atomic mass is 9.80. The fraction of sp³-hybridized carbons (Fsp3) is 0.367. The topological polar surface area (TPSA) is 114 Å². The van der Waals surface area contributed by atoms with E-state index >= 15 is 4.39 Å². The number of epoxide rings is 1. The summed E-state index contributed by atoms with van der Waals surface area (Å²) in [5.74, 6) is -0.423. The number of piperidine rings is 2. The van der Waals surface area contributed by atoms with Gasteiger partial charge in [0, 0.05) is 55.7 Å². The van der Waals surface area contributed by atoms with Crippen LogP contribution in [0.2, 0.25) is 0 Å². The van der Waals surface area contributed by atoms with E-state index in [-0.39, 0.29) is 24.1 Å². The van der Waals surface area contributed by atoms with Crippen LogP contribution in [-0.2, 0) is 26.5 Å². The molecule has 3 atom stereocenters. The molecule has 204 valence electrons. The number of benzene rings is 2. The third-order valence-corrected chi connectivity index (χ3v) is 8.56. The molecule has 3 aliphatic heterocycles. The van der Waals surface area contributed by atoms with Gasteiger partial charge in [0.15, 0.2) is 0 Å². The molecule has 1 N–H and O–H groups in total. The average Bonchev–Trinajstić information content (AvgIpc) is 3.34. The number of carbonyl (C=O) groups excluding carboxylic acids is 2. The van der Waals surface area contributed by atoms with Crippen molar-refractivity contribution in [3.05, 3.63) is 77.1 Å². The van der Waals surface area contributed by atoms with Crippen LogP contribution in [0.4, 0.5) is 4.39 Å². The molecule has 2 aromatic carbocycles. The standard InChI is InChI=1S/C30H28FN5O4/c1-17-33-27(35-39-17)19-5-3-18(4-6-19)15-36-12-11-30(29(2,16-36)40-30)23-8-9-24-22(26(23)31)13-20(14-32-24)21-7-10-25(37)34-28(21)38/h3-6,8-9,13-14,21H,7,10-12,15-16H2,1-2H3,(H,34,37,38). The summed E-state index contributed by atoms with van der Waals surface area (Å²) < 4.78 is 27.6. The van der Waals surface area contributed by atoms with Crippen molar-refractivity contribution in [2.45, 2.75) is 56.8 Å². The Hall–Kier alpha value is -4.02. The summed E-state index contributed by atoms with van der Waals surface area (Å²) in [7, 11) is 0. The second-order valence-electron chi connectivity index (χ2n) is 11.2. The number of aromatic nitrogens is 3. The Labute approximate surface area is 229 Å². The summed E-state index contributed by atoms with van der Waals surface area (Å²) in [6.07, 6.45) is 2.91. The van der Waals surface area contributed by atoms with Gasteiger partial charge in [-0.25, -0.2) is 4.39 Å². The van der Waals surface area contributed by atoms with Crippen LogP contribution in [0.3, 0.4) is 0 Å². The maximum atomic E-state index is 16.1. The van der Waals surface area contributed by atoms with E-state index in [4.69, 9.17) is 9.26 Å². The molecule has 3 fully saturated rings. The predicted octanol–water partition coefficient (Wildman–Crippen LogP) is 4.14. The first kappa shape index (κ1) is 25.0. The van der Waals surface area contributed by atoms with Crippen LogP contribution in [0.15, 0.2) is 53.2 Å². The predicted molar refractivity (Wildman–Crippen MR) is 142 cm³/mol. The fourth-order valence-electron chi connectivity index (χ4n) is 6.39. The average molecular weight is 542 g/mol. The number of hydrogen-bond acceptors (Lipinski definition) is 8. The van der Waals surface area contributed by atoms with E-state index in [9.17, 15) is 9.59 Å². The number of imide groups is 1. The Morgan fingerprint density at radius 2 is 2.00 bits per heavy atom. The van der Waals surface area contributed by atoms with E-state index < -0.39 is 17.1 Å². The Morgan fingerprint density at radius 3 is 2.73 bits per heavy atom. The normalized spacial score (nSPS) is 26.5. The molecule has 2 aromatic heterocycles. The number of nitrogens with zero attached hydrogens (tertiary/aromatic N) is 4. The first-order valence-corrected chi connectivity index (χ1v) is 13.5. The summed E-state index contributed by atoms with van der Waals surface area (Å²) in [5, 5.41) is 6.71. The molecule has 40 heavy (non-hydrogen) atoms. The second-order valence-corrected chi connectivity index (χ2v) is 11.2. The van der Waals surface area contributed by atoms with E-state index in [0.717, 1.165) is 24.2 Å². The molecule has 0 bridgehead atoms. The Bertz CT molecular complexity index is 1670. The second kappa shape index (κ2) is 9.00. The zero-order valence-corrected chi connectivity index (χ0v) is 22.2. The monoisotopic (exact) mass is 541 g/mol. The number of hydrogen-bond donors (Lipinski definition) is 1. The zero-order chi connectivity index (χ0) is 27.6. The number of nitrogens with one attached hydrogen (secondary N) is 1. The first-order valence-electron chi connectivity index (χ1n) is 13.5. The highest BCUT2D eigenvalue weighted by Crippen LogP contribution is 2.61. The number of ether oxygens (including phenoxy) is 1. The van der Waals surface area contributed by atoms with Gasteiger partial charge in [-0.1, -0.05) is 35.5 Å². The minimum absolute atomic E-state index is 0.255. The van der Waals surface area contributed by atoms with Crippen LogP contribution >= 0.6 is 0 Å². The smallest absolute Gasteiger partial charge is 0.234 e. The van der Waals surface area contributed by atoms with Crippen molar-refractivity contribution in [2.75, 3.05) is 13.1 Å². The van der Waals surface area contributed by atoms with E-state index in [2.05, 4.69) is 37.5 Å². The van der Waals surface area contributed by atoms with Crippen molar-refractivity contribution in [3.63, 3.8) is 0 Å². The summed E-state index contributed by atoms with van der Waals surface area (Å²) in [6.45, 7) is 5.99. The molecule has 3 aliphatic rings. The molecule has 10 heteroatoms. The van der Waals surface area contributed by atoms with Gasteiger partial charge in [0.25, 0.3) is 0 Å². The number of fused-ring (bicyclic) bond motifs is 2. The van der Waals surface area contributed by atoms with Crippen molar-refractivity contribution in [1.82, 2.24) is 25.3 Å². The number of pyridine rings is 1. The maximum absolute atomic E-state index is 16.1. The molecule has 0 saturated carbocycles. The number of likely N-dealkylation sites (tertiary alicyclic amines) is 1. The van der Waals surface area contributed by atoms with Crippen LogP contribution in [-0.4, -0.2) is 50.5 Å². The quantitative estimate of drug-likeness (QED) is 0.296. The fourth-order valence-corrected chi connectivity index (χ4v) is 6.39. The summed E-state index contributed by atoms with van der Waals surface area (Å²) >= 11 is 0. The van der Waals surface area contributed by atoms with Gasteiger partial charge in [-0.05, 0) is 43.0 Å². The van der Waals surface area contributed by atoms with E-state index in [1.165, 1.54) is 0 Å². The Balaban J connectivity index is 1.10. The maximum Gasteiger partial charge on any atom is 0.234 e. The number of halogens is 1. The van der Waals surface area contributed by atoms with Crippen LogP contribution in [0.25, 0.3) is 22.3 Å². The van der Waals surface area contributed by atoms with E-state index in [1.807, 2.05) is 25.1 Å².